The maximum Gasteiger partial charge on any atom is 0.206 e. The summed E-state index contributed by atoms with van der Waals surface area (Å²) < 4.78 is 2.18. The van der Waals surface area contributed by atoms with Gasteiger partial charge < -0.3 is 22.1 Å². The van der Waals surface area contributed by atoms with Crippen molar-refractivity contribution in [1.82, 2.24) is 0 Å². The SMILES string of the molecule is CCCCCCCCCCCCCCCCCC[n+]1ccccc1CO.[Br-]. The van der Waals surface area contributed by atoms with E-state index < -0.39 is 0 Å². The van der Waals surface area contributed by atoms with Gasteiger partial charge in [-0.05, 0) is 6.42 Å². The van der Waals surface area contributed by atoms with Gasteiger partial charge in [-0.1, -0.05) is 103 Å². The summed E-state index contributed by atoms with van der Waals surface area (Å²) >= 11 is 0. The minimum atomic E-state index is 0. The Morgan fingerprint density at radius 2 is 1.11 bits per heavy atom. The molecule has 0 bridgehead atoms. The van der Waals surface area contributed by atoms with Crippen molar-refractivity contribution in [2.45, 2.75) is 123 Å². The molecule has 1 aromatic rings. The quantitative estimate of drug-likeness (QED) is 0.272. The van der Waals surface area contributed by atoms with Crippen molar-refractivity contribution in [2.75, 3.05) is 0 Å². The molecule has 0 saturated heterocycles. The molecule has 0 aromatic carbocycles. The molecule has 27 heavy (non-hydrogen) atoms. The Hall–Kier alpha value is -0.410. The zero-order valence-electron chi connectivity index (χ0n) is 17.8. The lowest BCUT2D eigenvalue weighted by atomic mass is 10.0. The Morgan fingerprint density at radius 1 is 0.667 bits per heavy atom. The van der Waals surface area contributed by atoms with Crippen LogP contribution in [0.15, 0.2) is 24.4 Å². The zero-order valence-corrected chi connectivity index (χ0v) is 19.4. The van der Waals surface area contributed by atoms with E-state index >= 15 is 0 Å². The van der Waals surface area contributed by atoms with Crippen molar-refractivity contribution in [2.24, 2.45) is 0 Å². The summed E-state index contributed by atoms with van der Waals surface area (Å²) in [4.78, 5) is 0. The third-order valence-corrected chi connectivity index (χ3v) is 5.45. The molecule has 0 spiro atoms. The van der Waals surface area contributed by atoms with Crippen molar-refractivity contribution in [1.29, 1.82) is 0 Å². The van der Waals surface area contributed by atoms with Crippen molar-refractivity contribution >= 4 is 0 Å². The Morgan fingerprint density at radius 3 is 1.56 bits per heavy atom. The van der Waals surface area contributed by atoms with E-state index in [0.717, 1.165) is 12.2 Å². The first-order valence-corrected chi connectivity index (χ1v) is 11.5. The fourth-order valence-electron chi connectivity index (χ4n) is 3.70. The van der Waals surface area contributed by atoms with E-state index in [4.69, 9.17) is 0 Å². The van der Waals surface area contributed by atoms with Crippen LogP contribution in [0.3, 0.4) is 0 Å². The Labute approximate surface area is 179 Å². The van der Waals surface area contributed by atoms with Gasteiger partial charge in [0.1, 0.15) is 13.2 Å². The van der Waals surface area contributed by atoms with Gasteiger partial charge >= 0.3 is 0 Å². The molecule has 158 valence electrons. The van der Waals surface area contributed by atoms with E-state index in [-0.39, 0.29) is 23.6 Å². The molecular weight excluding hydrogens is 398 g/mol. The molecule has 3 heteroatoms. The van der Waals surface area contributed by atoms with Crippen molar-refractivity contribution in [3.63, 3.8) is 0 Å². The molecule has 1 rings (SSSR count). The highest BCUT2D eigenvalue weighted by molar-refractivity contribution is 4.95. The largest absolute Gasteiger partial charge is 1.00 e. The average molecular weight is 443 g/mol. The molecule has 1 aromatic heterocycles. The molecule has 0 amide bonds. The molecule has 0 radical (unpaired) electrons. The lowest BCUT2D eigenvalue weighted by Gasteiger charge is -2.04. The van der Waals surface area contributed by atoms with Gasteiger partial charge in [-0.25, -0.2) is 4.57 Å². The van der Waals surface area contributed by atoms with E-state index in [2.05, 4.69) is 17.7 Å². The normalized spacial score (nSPS) is 10.7. The van der Waals surface area contributed by atoms with E-state index in [1.165, 1.54) is 103 Å². The molecule has 0 unspecified atom stereocenters. The van der Waals surface area contributed by atoms with Crippen LogP contribution in [-0.2, 0) is 13.2 Å². The number of aliphatic hydroxyl groups is 1. The fourth-order valence-corrected chi connectivity index (χ4v) is 3.70. The van der Waals surface area contributed by atoms with Crippen LogP contribution in [0.1, 0.15) is 115 Å². The summed E-state index contributed by atoms with van der Waals surface area (Å²) in [5.74, 6) is 0. The first-order valence-electron chi connectivity index (χ1n) is 11.5. The Bertz CT molecular complexity index is 425. The lowest BCUT2D eigenvalue weighted by molar-refractivity contribution is -0.706. The summed E-state index contributed by atoms with van der Waals surface area (Å²) in [6, 6.07) is 6.05. The van der Waals surface area contributed by atoms with Crippen LogP contribution in [0.25, 0.3) is 0 Å². The van der Waals surface area contributed by atoms with Gasteiger partial charge in [0.05, 0.1) is 0 Å². The van der Waals surface area contributed by atoms with Gasteiger partial charge in [0, 0.05) is 18.6 Å². The molecule has 0 aliphatic carbocycles. The van der Waals surface area contributed by atoms with E-state index in [1.807, 2.05) is 18.2 Å². The van der Waals surface area contributed by atoms with Crippen LogP contribution in [0.5, 0.6) is 0 Å². The highest BCUT2D eigenvalue weighted by atomic mass is 79.9. The smallest absolute Gasteiger partial charge is 0.206 e. The van der Waals surface area contributed by atoms with Crippen molar-refractivity contribution in [3.8, 4) is 0 Å². The first-order chi connectivity index (χ1) is 12.9. The van der Waals surface area contributed by atoms with Gasteiger partial charge in [-0.15, -0.1) is 0 Å². The number of halogens is 1. The van der Waals surface area contributed by atoms with Crippen LogP contribution in [0, 0.1) is 0 Å². The molecule has 1 heterocycles. The van der Waals surface area contributed by atoms with Gasteiger partial charge in [-0.3, -0.25) is 0 Å². The average Bonchev–Trinajstić information content (AvgIpc) is 2.68. The number of hydrogen-bond acceptors (Lipinski definition) is 1. The first kappa shape index (κ1) is 26.6. The third-order valence-electron chi connectivity index (χ3n) is 5.45. The van der Waals surface area contributed by atoms with Crippen LogP contribution < -0.4 is 21.5 Å². The van der Waals surface area contributed by atoms with Gasteiger partial charge in [0.25, 0.3) is 0 Å². The molecule has 2 nitrogen and oxygen atoms in total. The number of unbranched alkanes of at least 4 members (excludes halogenated alkanes) is 15. The number of nitrogens with zero attached hydrogens (tertiary/aromatic N) is 1. The summed E-state index contributed by atoms with van der Waals surface area (Å²) in [5.41, 5.74) is 1.02. The van der Waals surface area contributed by atoms with Crippen LogP contribution in [0.4, 0.5) is 0 Å². The molecule has 0 aliphatic rings. The predicted octanol–water partition coefficient (Wildman–Crippen LogP) is 3.73. The molecule has 0 atom stereocenters. The van der Waals surface area contributed by atoms with Gasteiger partial charge in [-0.2, -0.15) is 0 Å². The van der Waals surface area contributed by atoms with Gasteiger partial charge in [0.15, 0.2) is 6.20 Å². The van der Waals surface area contributed by atoms with Crippen molar-refractivity contribution in [3.05, 3.63) is 30.1 Å². The number of aliphatic hydroxyl groups excluding tert-OH is 1. The van der Waals surface area contributed by atoms with E-state index in [0.29, 0.717) is 0 Å². The molecule has 0 aliphatic heterocycles. The molecule has 0 saturated carbocycles. The van der Waals surface area contributed by atoms with E-state index in [1.54, 1.807) is 0 Å². The highest BCUT2D eigenvalue weighted by Crippen LogP contribution is 2.13. The fraction of sp³-hybridized carbons (Fsp3) is 0.792. The zero-order chi connectivity index (χ0) is 18.7. The lowest BCUT2D eigenvalue weighted by Crippen LogP contribution is -3.00. The summed E-state index contributed by atoms with van der Waals surface area (Å²) in [5, 5.41) is 9.33. The summed E-state index contributed by atoms with van der Waals surface area (Å²) in [6.07, 6.45) is 24.6. The highest BCUT2D eigenvalue weighted by Gasteiger charge is 2.06. The minimum absolute atomic E-state index is 0. The number of aryl methyl sites for hydroxylation is 1. The number of rotatable bonds is 18. The predicted molar refractivity (Wildman–Crippen MR) is 112 cm³/mol. The number of pyridine rings is 1. The molecule has 1 N–H and O–H groups in total. The van der Waals surface area contributed by atoms with E-state index in [9.17, 15) is 5.11 Å². The maximum absolute atomic E-state index is 9.33. The molecule has 0 fully saturated rings. The van der Waals surface area contributed by atoms with Crippen molar-refractivity contribution < 1.29 is 26.7 Å². The molecular formula is C24H44BrNO. The van der Waals surface area contributed by atoms with Gasteiger partial charge in [0.2, 0.25) is 5.69 Å². The minimum Gasteiger partial charge on any atom is -1.00 e. The Kier molecular flexibility index (Phi) is 20.0. The van der Waals surface area contributed by atoms with Crippen LogP contribution >= 0.6 is 0 Å². The Balaban J connectivity index is 0.00000676. The van der Waals surface area contributed by atoms with Crippen LogP contribution in [0.2, 0.25) is 0 Å². The van der Waals surface area contributed by atoms with Crippen LogP contribution in [-0.4, -0.2) is 5.11 Å². The number of aromatic nitrogens is 1. The topological polar surface area (TPSA) is 24.1 Å². The standard InChI is InChI=1S/C24H44NO.BrH/c1-2-3-4-5-6-7-8-9-10-11-12-13-14-15-16-18-21-25-22-19-17-20-24(25)23-26;/h17,19-20,22,26H,2-16,18,21,23H2,1H3;1H/q+1;/p-1. The summed E-state index contributed by atoms with van der Waals surface area (Å²) in [7, 11) is 0. The monoisotopic (exact) mass is 441 g/mol. The number of hydrogen-bond donors (Lipinski definition) is 1. The second-order valence-corrected chi connectivity index (χ2v) is 7.85. The maximum atomic E-state index is 9.33. The second kappa shape index (κ2) is 20.3. The third kappa shape index (κ3) is 15.2. The second-order valence-electron chi connectivity index (χ2n) is 7.85. The summed E-state index contributed by atoms with van der Waals surface area (Å²) in [6.45, 7) is 3.46.